The maximum atomic E-state index is 13.6. The van der Waals surface area contributed by atoms with Gasteiger partial charge in [-0.1, -0.05) is 58.0 Å². The highest BCUT2D eigenvalue weighted by Gasteiger charge is 2.67. The zero-order chi connectivity index (χ0) is 30.1. The molecule has 2 heterocycles. The molecule has 1 saturated heterocycles. The molecule has 1 aromatic heterocycles. The average molecular weight is 576 g/mol. The maximum absolute atomic E-state index is 13.6. The highest BCUT2D eigenvalue weighted by Crippen LogP contribution is 2.65. The summed E-state index contributed by atoms with van der Waals surface area (Å²) in [7, 11) is -0.536. The molecule has 224 valence electrons. The van der Waals surface area contributed by atoms with Crippen molar-refractivity contribution in [2.75, 3.05) is 6.44 Å². The first-order valence-corrected chi connectivity index (χ1v) is 15.0. The standard InChI is InChI=1S/C31H42BN5O5/c1-19(2)13-22(27(38)35-18-32-41-26-16-21-15-25(30(21,3)4)31(26,5)42-32)36-28(39)23(14-20-9-7-6-8-10-20)37-29(40)24-17-33-11-12-34-24/h6-12,17,19,21-23,25-26H,13-16,18H2,1-5H3,(H,35,38)(H,36,39)(H,37,40)/t21-,22-,23-,25?,26+,31-/m0/s1. The van der Waals surface area contributed by atoms with Crippen LogP contribution in [0.15, 0.2) is 48.9 Å². The fourth-order valence-electron chi connectivity index (χ4n) is 7.03. The van der Waals surface area contributed by atoms with E-state index in [2.05, 4.69) is 46.7 Å². The van der Waals surface area contributed by atoms with Crippen LogP contribution in [0.2, 0.25) is 0 Å². The second kappa shape index (κ2) is 12.1. The first-order chi connectivity index (χ1) is 20.0. The van der Waals surface area contributed by atoms with E-state index in [9.17, 15) is 14.4 Å². The minimum Gasteiger partial charge on any atom is -0.404 e. The van der Waals surface area contributed by atoms with Gasteiger partial charge in [0.05, 0.1) is 24.3 Å². The van der Waals surface area contributed by atoms with Crippen molar-refractivity contribution >= 4 is 24.8 Å². The predicted molar refractivity (Wildman–Crippen MR) is 158 cm³/mol. The summed E-state index contributed by atoms with van der Waals surface area (Å²) in [6.45, 7) is 10.8. The van der Waals surface area contributed by atoms with Crippen LogP contribution < -0.4 is 16.0 Å². The number of aromatic nitrogens is 2. The molecule has 6 rings (SSSR count). The molecule has 0 radical (unpaired) electrons. The van der Waals surface area contributed by atoms with Gasteiger partial charge in [0.15, 0.2) is 0 Å². The van der Waals surface area contributed by atoms with Gasteiger partial charge in [-0.3, -0.25) is 19.4 Å². The van der Waals surface area contributed by atoms with E-state index in [-0.39, 0.29) is 47.5 Å². The minimum atomic E-state index is -0.927. The molecule has 2 aromatic rings. The number of hydrogen-bond donors (Lipinski definition) is 3. The molecular formula is C31H42BN5O5. The van der Waals surface area contributed by atoms with Gasteiger partial charge in [-0.25, -0.2) is 4.98 Å². The Kier molecular flexibility index (Phi) is 8.71. The van der Waals surface area contributed by atoms with Gasteiger partial charge in [-0.05, 0) is 54.9 Å². The van der Waals surface area contributed by atoms with Crippen molar-refractivity contribution in [1.29, 1.82) is 0 Å². The van der Waals surface area contributed by atoms with Crippen molar-refractivity contribution in [2.45, 2.75) is 84.1 Å². The summed E-state index contributed by atoms with van der Waals surface area (Å²) in [5, 5.41) is 8.63. The Hall–Kier alpha value is -3.31. The lowest BCUT2D eigenvalue weighted by Crippen LogP contribution is -2.65. The fourth-order valence-corrected chi connectivity index (χ4v) is 7.03. The Bertz CT molecular complexity index is 1280. The molecule has 11 heteroatoms. The van der Waals surface area contributed by atoms with Crippen LogP contribution in [0.3, 0.4) is 0 Å². The summed E-state index contributed by atoms with van der Waals surface area (Å²) in [5.74, 6) is -0.0749. The molecule has 4 aliphatic rings. The molecule has 10 nitrogen and oxygen atoms in total. The first kappa shape index (κ1) is 30.2. The summed E-state index contributed by atoms with van der Waals surface area (Å²) in [6, 6.07) is 7.68. The van der Waals surface area contributed by atoms with E-state index in [1.54, 1.807) is 0 Å². The summed E-state index contributed by atoms with van der Waals surface area (Å²) in [4.78, 5) is 47.9. The third-order valence-corrected chi connectivity index (χ3v) is 9.49. The van der Waals surface area contributed by atoms with Gasteiger partial charge in [-0.2, -0.15) is 0 Å². The molecule has 3 saturated carbocycles. The molecular weight excluding hydrogens is 533 g/mol. The molecule has 0 spiro atoms. The Labute approximate surface area is 248 Å². The van der Waals surface area contributed by atoms with Gasteiger partial charge >= 0.3 is 7.12 Å². The van der Waals surface area contributed by atoms with Crippen molar-refractivity contribution in [3.8, 4) is 0 Å². The lowest BCUT2D eigenvalue weighted by Gasteiger charge is -2.64. The smallest absolute Gasteiger partial charge is 0.404 e. The van der Waals surface area contributed by atoms with Gasteiger partial charge in [0, 0.05) is 18.8 Å². The highest BCUT2D eigenvalue weighted by molar-refractivity contribution is 6.46. The van der Waals surface area contributed by atoms with Crippen molar-refractivity contribution in [1.82, 2.24) is 25.9 Å². The van der Waals surface area contributed by atoms with E-state index < -0.39 is 31.0 Å². The van der Waals surface area contributed by atoms with Crippen LogP contribution in [0.4, 0.5) is 0 Å². The highest BCUT2D eigenvalue weighted by atomic mass is 16.7. The molecule has 2 bridgehead atoms. The lowest BCUT2D eigenvalue weighted by atomic mass is 9.43. The SMILES string of the molecule is CC(C)C[C@H](NC(=O)[C@H](Cc1ccccc1)NC(=O)c1cnccn1)C(=O)NCB1O[C@@H]2C[C@@H]3CC(C3(C)C)[C@]2(C)O1. The first-order valence-electron chi connectivity index (χ1n) is 15.0. The van der Waals surface area contributed by atoms with Gasteiger partial charge in [0.1, 0.15) is 17.8 Å². The quantitative estimate of drug-likeness (QED) is 0.351. The van der Waals surface area contributed by atoms with Crippen molar-refractivity contribution in [2.24, 2.45) is 23.2 Å². The summed E-state index contributed by atoms with van der Waals surface area (Å²) < 4.78 is 12.7. The monoisotopic (exact) mass is 575 g/mol. The van der Waals surface area contributed by atoms with Crippen molar-refractivity contribution < 1.29 is 23.7 Å². The van der Waals surface area contributed by atoms with E-state index in [0.717, 1.165) is 18.4 Å². The number of carbonyl (C=O) groups is 3. The van der Waals surface area contributed by atoms with E-state index in [1.165, 1.54) is 18.6 Å². The average Bonchev–Trinajstić information content (AvgIpc) is 3.32. The Morgan fingerprint density at radius 3 is 2.45 bits per heavy atom. The zero-order valence-electron chi connectivity index (χ0n) is 25.1. The number of nitrogens with one attached hydrogen (secondary N) is 3. The number of amides is 3. The van der Waals surface area contributed by atoms with Gasteiger partial charge in [0.25, 0.3) is 5.91 Å². The molecule has 3 N–H and O–H groups in total. The van der Waals surface area contributed by atoms with E-state index in [0.29, 0.717) is 18.3 Å². The Balaban J connectivity index is 1.23. The van der Waals surface area contributed by atoms with E-state index in [4.69, 9.17) is 9.31 Å². The molecule has 1 aliphatic heterocycles. The second-order valence-electron chi connectivity index (χ2n) is 13.1. The number of benzene rings is 1. The largest absolute Gasteiger partial charge is 0.478 e. The zero-order valence-corrected chi connectivity index (χ0v) is 25.1. The van der Waals surface area contributed by atoms with Crippen LogP contribution in [0.5, 0.6) is 0 Å². The van der Waals surface area contributed by atoms with Crippen molar-refractivity contribution in [3.63, 3.8) is 0 Å². The van der Waals surface area contributed by atoms with E-state index in [1.807, 2.05) is 44.2 Å². The molecule has 6 atom stereocenters. The Morgan fingerprint density at radius 1 is 1.02 bits per heavy atom. The molecule has 3 aliphatic carbocycles. The normalized spacial score (nSPS) is 26.9. The number of hydrogen-bond acceptors (Lipinski definition) is 7. The van der Waals surface area contributed by atoms with Gasteiger partial charge < -0.3 is 25.3 Å². The topological polar surface area (TPSA) is 132 Å². The van der Waals surface area contributed by atoms with Crippen LogP contribution in [0.1, 0.15) is 69.9 Å². The molecule has 4 fully saturated rings. The third kappa shape index (κ3) is 6.22. The summed E-state index contributed by atoms with van der Waals surface area (Å²) >= 11 is 0. The van der Waals surface area contributed by atoms with E-state index >= 15 is 0 Å². The van der Waals surface area contributed by atoms with Gasteiger partial charge in [-0.15, -0.1) is 0 Å². The van der Waals surface area contributed by atoms with Crippen LogP contribution in [0.25, 0.3) is 0 Å². The second-order valence-corrected chi connectivity index (χ2v) is 13.1. The van der Waals surface area contributed by atoms with Gasteiger partial charge in [0.2, 0.25) is 11.8 Å². The van der Waals surface area contributed by atoms with Crippen molar-refractivity contribution in [3.05, 3.63) is 60.2 Å². The molecule has 1 aromatic carbocycles. The Morgan fingerprint density at radius 2 is 1.79 bits per heavy atom. The fraction of sp³-hybridized carbons (Fsp3) is 0.581. The van der Waals surface area contributed by atoms with Crippen LogP contribution in [-0.4, -0.2) is 65.0 Å². The minimum absolute atomic E-state index is 0.0269. The predicted octanol–water partition coefficient (Wildman–Crippen LogP) is 2.73. The van der Waals surface area contributed by atoms with Crippen LogP contribution in [-0.2, 0) is 25.3 Å². The third-order valence-electron chi connectivity index (χ3n) is 9.49. The molecule has 3 amide bonds. The molecule has 42 heavy (non-hydrogen) atoms. The molecule has 1 unspecified atom stereocenters. The lowest BCUT2D eigenvalue weighted by molar-refractivity contribution is -0.199. The number of rotatable bonds is 11. The van der Waals surface area contributed by atoms with Crippen LogP contribution >= 0.6 is 0 Å². The summed E-state index contributed by atoms with van der Waals surface area (Å²) in [6.07, 6.45) is 7.26. The summed E-state index contributed by atoms with van der Waals surface area (Å²) in [5.41, 5.74) is 0.851. The maximum Gasteiger partial charge on any atom is 0.478 e. The number of nitrogens with zero attached hydrogens (tertiary/aromatic N) is 2. The number of carbonyl (C=O) groups excluding carboxylic acids is 3. The van der Waals surface area contributed by atoms with Crippen LogP contribution in [0, 0.1) is 23.2 Å².